The van der Waals surface area contributed by atoms with E-state index in [-0.39, 0.29) is 5.54 Å². The van der Waals surface area contributed by atoms with Crippen LogP contribution in [0.15, 0.2) is 48.5 Å². The van der Waals surface area contributed by atoms with Crippen LogP contribution in [0.5, 0.6) is 11.5 Å². The zero-order valence-corrected chi connectivity index (χ0v) is 11.8. The minimum atomic E-state index is -0.128. The summed E-state index contributed by atoms with van der Waals surface area (Å²) in [4.78, 5) is 0. The molecule has 0 fully saturated rings. The molecule has 2 aromatic carbocycles. The highest BCUT2D eigenvalue weighted by atomic mass is 16.7. The molecule has 1 N–H and O–H groups in total. The monoisotopic (exact) mass is 269 g/mol. The van der Waals surface area contributed by atoms with Gasteiger partial charge in [-0.1, -0.05) is 36.4 Å². The largest absolute Gasteiger partial charge is 0.454 e. The van der Waals surface area contributed by atoms with E-state index in [9.17, 15) is 0 Å². The molecule has 0 saturated heterocycles. The average Bonchev–Trinajstić information content (AvgIpc) is 2.94. The maximum Gasteiger partial charge on any atom is 0.231 e. The van der Waals surface area contributed by atoms with Gasteiger partial charge in [0.25, 0.3) is 0 Å². The Morgan fingerprint density at radius 1 is 1.00 bits per heavy atom. The van der Waals surface area contributed by atoms with Crippen LogP contribution in [0, 0.1) is 0 Å². The van der Waals surface area contributed by atoms with Crippen LogP contribution in [0.3, 0.4) is 0 Å². The molecular weight excluding hydrogens is 250 g/mol. The predicted octanol–water partition coefficient (Wildman–Crippen LogP) is 3.44. The summed E-state index contributed by atoms with van der Waals surface area (Å²) in [7, 11) is 0. The van der Waals surface area contributed by atoms with Crippen LogP contribution in [-0.2, 0) is 12.1 Å². The smallest absolute Gasteiger partial charge is 0.231 e. The molecule has 1 heterocycles. The molecule has 0 amide bonds. The molecule has 1 aliphatic rings. The summed E-state index contributed by atoms with van der Waals surface area (Å²) < 4.78 is 10.8. The summed E-state index contributed by atoms with van der Waals surface area (Å²) in [6.45, 7) is 5.50. The van der Waals surface area contributed by atoms with E-state index >= 15 is 0 Å². The Kier molecular flexibility index (Phi) is 3.36. The van der Waals surface area contributed by atoms with Gasteiger partial charge in [-0.15, -0.1) is 0 Å². The quantitative estimate of drug-likeness (QED) is 0.922. The van der Waals surface area contributed by atoms with Crippen LogP contribution in [0.4, 0.5) is 0 Å². The Hall–Kier alpha value is -2.00. The summed E-state index contributed by atoms with van der Waals surface area (Å²) >= 11 is 0. The van der Waals surface area contributed by atoms with Gasteiger partial charge >= 0.3 is 0 Å². The Labute approximate surface area is 119 Å². The van der Waals surface area contributed by atoms with E-state index in [4.69, 9.17) is 9.47 Å². The first-order chi connectivity index (χ1) is 9.65. The first-order valence-corrected chi connectivity index (χ1v) is 6.84. The first kappa shape index (κ1) is 13.0. The summed E-state index contributed by atoms with van der Waals surface area (Å²) in [5.74, 6) is 1.66. The molecular formula is C17H19NO2. The van der Waals surface area contributed by atoms with Gasteiger partial charge in [-0.05, 0) is 37.1 Å². The molecule has 0 aliphatic carbocycles. The number of benzene rings is 2. The van der Waals surface area contributed by atoms with Gasteiger partial charge in [-0.25, -0.2) is 0 Å². The lowest BCUT2D eigenvalue weighted by atomic mass is 9.93. The Bertz CT molecular complexity index is 593. The van der Waals surface area contributed by atoms with Gasteiger partial charge in [0.2, 0.25) is 6.79 Å². The van der Waals surface area contributed by atoms with E-state index in [1.54, 1.807) is 0 Å². The zero-order chi connectivity index (χ0) is 14.0. The second-order valence-electron chi connectivity index (χ2n) is 5.53. The van der Waals surface area contributed by atoms with Gasteiger partial charge in [-0.2, -0.15) is 0 Å². The maximum atomic E-state index is 5.45. The standard InChI is InChI=1S/C17H19NO2/c1-17(2,18-11-13-6-4-3-5-7-13)14-8-9-15-16(10-14)20-12-19-15/h3-10,18H,11-12H2,1-2H3. The molecule has 1 aliphatic heterocycles. The highest BCUT2D eigenvalue weighted by Crippen LogP contribution is 2.35. The minimum Gasteiger partial charge on any atom is -0.454 e. The molecule has 0 bridgehead atoms. The van der Waals surface area contributed by atoms with Crippen LogP contribution in [-0.4, -0.2) is 6.79 Å². The third kappa shape index (κ3) is 2.63. The van der Waals surface area contributed by atoms with Crippen LogP contribution >= 0.6 is 0 Å². The maximum absolute atomic E-state index is 5.45. The van der Waals surface area contributed by atoms with Crippen molar-refractivity contribution in [2.75, 3.05) is 6.79 Å². The molecule has 0 spiro atoms. The number of ether oxygens (including phenoxy) is 2. The van der Waals surface area contributed by atoms with Crippen LogP contribution < -0.4 is 14.8 Å². The SMILES string of the molecule is CC(C)(NCc1ccccc1)c1ccc2c(c1)OCO2. The second kappa shape index (κ2) is 5.17. The van der Waals surface area contributed by atoms with E-state index in [0.29, 0.717) is 6.79 Å². The number of rotatable bonds is 4. The van der Waals surface area contributed by atoms with Gasteiger partial charge in [0.05, 0.1) is 0 Å². The minimum absolute atomic E-state index is 0.128. The van der Waals surface area contributed by atoms with Crippen molar-refractivity contribution in [3.05, 3.63) is 59.7 Å². The summed E-state index contributed by atoms with van der Waals surface area (Å²) in [6, 6.07) is 16.5. The molecule has 3 rings (SSSR count). The summed E-state index contributed by atoms with van der Waals surface area (Å²) in [6.07, 6.45) is 0. The van der Waals surface area contributed by atoms with Gasteiger partial charge in [0, 0.05) is 12.1 Å². The average molecular weight is 269 g/mol. The fourth-order valence-corrected chi connectivity index (χ4v) is 2.31. The van der Waals surface area contributed by atoms with Crippen molar-refractivity contribution >= 4 is 0 Å². The van der Waals surface area contributed by atoms with Crippen molar-refractivity contribution in [1.29, 1.82) is 0 Å². The number of fused-ring (bicyclic) bond motifs is 1. The number of hydrogen-bond donors (Lipinski definition) is 1. The van der Waals surface area contributed by atoms with E-state index in [0.717, 1.165) is 18.0 Å². The summed E-state index contributed by atoms with van der Waals surface area (Å²) in [5, 5.41) is 3.59. The normalized spacial score (nSPS) is 13.5. The topological polar surface area (TPSA) is 30.5 Å². The van der Waals surface area contributed by atoms with Crippen LogP contribution in [0.25, 0.3) is 0 Å². The van der Waals surface area contributed by atoms with Gasteiger partial charge in [0.15, 0.2) is 11.5 Å². The van der Waals surface area contributed by atoms with Crippen molar-refractivity contribution in [1.82, 2.24) is 5.32 Å². The first-order valence-electron chi connectivity index (χ1n) is 6.84. The molecule has 0 unspecified atom stereocenters. The van der Waals surface area contributed by atoms with E-state index < -0.39 is 0 Å². The molecule has 0 radical (unpaired) electrons. The Morgan fingerprint density at radius 2 is 1.75 bits per heavy atom. The molecule has 3 nitrogen and oxygen atoms in total. The van der Waals surface area contributed by atoms with Crippen molar-refractivity contribution in [2.45, 2.75) is 25.9 Å². The lowest BCUT2D eigenvalue weighted by Crippen LogP contribution is -2.35. The second-order valence-corrected chi connectivity index (χ2v) is 5.53. The van der Waals surface area contributed by atoms with Gasteiger partial charge in [0.1, 0.15) is 0 Å². The van der Waals surface area contributed by atoms with Crippen molar-refractivity contribution in [3.63, 3.8) is 0 Å². The summed E-state index contributed by atoms with van der Waals surface area (Å²) in [5.41, 5.74) is 2.34. The molecule has 104 valence electrons. The molecule has 20 heavy (non-hydrogen) atoms. The predicted molar refractivity (Wildman–Crippen MR) is 78.9 cm³/mol. The van der Waals surface area contributed by atoms with E-state index in [1.807, 2.05) is 12.1 Å². The highest BCUT2D eigenvalue weighted by Gasteiger charge is 2.23. The Balaban J connectivity index is 1.74. The van der Waals surface area contributed by atoms with Crippen molar-refractivity contribution in [3.8, 4) is 11.5 Å². The van der Waals surface area contributed by atoms with Gasteiger partial charge < -0.3 is 14.8 Å². The molecule has 0 aromatic heterocycles. The molecule has 0 atom stereocenters. The lowest BCUT2D eigenvalue weighted by molar-refractivity contribution is 0.174. The van der Waals surface area contributed by atoms with E-state index in [1.165, 1.54) is 11.1 Å². The third-order valence-corrected chi connectivity index (χ3v) is 3.67. The van der Waals surface area contributed by atoms with Crippen molar-refractivity contribution in [2.24, 2.45) is 0 Å². The molecule has 3 heteroatoms. The van der Waals surface area contributed by atoms with E-state index in [2.05, 4.69) is 55.6 Å². The third-order valence-electron chi connectivity index (χ3n) is 3.67. The Morgan fingerprint density at radius 3 is 2.55 bits per heavy atom. The lowest BCUT2D eigenvalue weighted by Gasteiger charge is -2.27. The highest BCUT2D eigenvalue weighted by molar-refractivity contribution is 5.46. The van der Waals surface area contributed by atoms with Crippen molar-refractivity contribution < 1.29 is 9.47 Å². The van der Waals surface area contributed by atoms with Crippen LogP contribution in [0.1, 0.15) is 25.0 Å². The number of hydrogen-bond acceptors (Lipinski definition) is 3. The fourth-order valence-electron chi connectivity index (χ4n) is 2.31. The fraction of sp³-hybridized carbons (Fsp3) is 0.294. The molecule has 2 aromatic rings. The van der Waals surface area contributed by atoms with Gasteiger partial charge in [-0.3, -0.25) is 0 Å². The van der Waals surface area contributed by atoms with Crippen LogP contribution in [0.2, 0.25) is 0 Å². The molecule has 0 saturated carbocycles. The number of nitrogens with one attached hydrogen (secondary N) is 1. The zero-order valence-electron chi connectivity index (χ0n) is 11.8.